The Morgan fingerprint density at radius 3 is 2.43 bits per heavy atom. The summed E-state index contributed by atoms with van der Waals surface area (Å²) in [6.07, 6.45) is 2.11. The normalized spacial score (nSPS) is 11.4. The molecule has 1 amide bonds. The van der Waals surface area contributed by atoms with E-state index < -0.39 is 16.0 Å². The van der Waals surface area contributed by atoms with Crippen LogP contribution in [0.2, 0.25) is 5.02 Å². The van der Waals surface area contributed by atoms with Crippen LogP contribution in [0.15, 0.2) is 73.5 Å². The molecule has 0 fully saturated rings. The van der Waals surface area contributed by atoms with E-state index >= 15 is 0 Å². The Kier molecular flexibility index (Phi) is 10.4. The lowest BCUT2D eigenvalue weighted by molar-refractivity contribution is 0.0954. The van der Waals surface area contributed by atoms with Crippen LogP contribution < -0.4 is 19.1 Å². The molecule has 1 N–H and O–H groups in total. The fraction of sp³-hybridized carbons (Fsp3) is 0.200. The molecule has 8 nitrogen and oxygen atoms in total. The van der Waals surface area contributed by atoms with Crippen LogP contribution in [0.25, 0.3) is 0 Å². The Morgan fingerprint density at radius 2 is 1.76 bits per heavy atom. The summed E-state index contributed by atoms with van der Waals surface area (Å²) in [6, 6.07) is 13.6. The van der Waals surface area contributed by atoms with Crippen LogP contribution in [0.3, 0.4) is 0 Å². The maximum atomic E-state index is 12.8. The van der Waals surface area contributed by atoms with Crippen molar-refractivity contribution in [2.24, 2.45) is 5.10 Å². The summed E-state index contributed by atoms with van der Waals surface area (Å²) in [5.74, 6) is 0.495. The Morgan fingerprint density at radius 1 is 1.03 bits per heavy atom. The largest absolute Gasteiger partial charge is 0.490 e. The molecule has 12 heteroatoms. The van der Waals surface area contributed by atoms with Gasteiger partial charge in [-0.05, 0) is 83.9 Å². The molecule has 196 valence electrons. The lowest BCUT2D eigenvalue weighted by atomic mass is 10.2. The molecule has 0 bridgehead atoms. The molecular weight excluding hydrogens is 652 g/mol. The molecule has 0 saturated carbocycles. The van der Waals surface area contributed by atoms with Crippen molar-refractivity contribution in [2.75, 3.05) is 13.2 Å². The molecule has 3 rings (SSSR count). The van der Waals surface area contributed by atoms with Crippen molar-refractivity contribution < 1.29 is 26.9 Å². The van der Waals surface area contributed by atoms with Crippen LogP contribution in [-0.2, 0) is 10.1 Å². The first-order chi connectivity index (χ1) is 17.6. The minimum atomic E-state index is -4.17. The van der Waals surface area contributed by atoms with E-state index in [0.29, 0.717) is 44.2 Å². The van der Waals surface area contributed by atoms with E-state index in [1.54, 1.807) is 30.3 Å². The third kappa shape index (κ3) is 7.94. The van der Waals surface area contributed by atoms with Crippen molar-refractivity contribution in [1.29, 1.82) is 0 Å². The Balaban J connectivity index is 1.82. The van der Waals surface area contributed by atoms with Crippen molar-refractivity contribution in [3.05, 3.63) is 79.7 Å². The first kappa shape index (κ1) is 29.0. The fourth-order valence-electron chi connectivity index (χ4n) is 3.00. The number of ether oxygens (including phenoxy) is 2. The predicted octanol–water partition coefficient (Wildman–Crippen LogP) is 6.58. The number of hydrogen-bond donors (Lipinski definition) is 1. The minimum absolute atomic E-state index is 0.00722. The van der Waals surface area contributed by atoms with E-state index in [1.807, 2.05) is 13.8 Å². The number of halogens is 3. The van der Waals surface area contributed by atoms with Gasteiger partial charge in [-0.3, -0.25) is 4.79 Å². The zero-order valence-corrected chi connectivity index (χ0v) is 24.6. The summed E-state index contributed by atoms with van der Waals surface area (Å²) >= 11 is 12.5. The Bertz CT molecular complexity index is 1400. The van der Waals surface area contributed by atoms with Crippen molar-refractivity contribution in [2.45, 2.75) is 25.2 Å². The fourth-order valence-corrected chi connectivity index (χ4v) is 5.54. The van der Waals surface area contributed by atoms with E-state index in [1.165, 1.54) is 30.5 Å². The highest BCUT2D eigenvalue weighted by molar-refractivity contribution is 9.11. The van der Waals surface area contributed by atoms with Gasteiger partial charge in [-0.1, -0.05) is 34.5 Å². The first-order valence-corrected chi connectivity index (χ1v) is 14.4. The van der Waals surface area contributed by atoms with Gasteiger partial charge in [-0.15, -0.1) is 0 Å². The number of amides is 1. The van der Waals surface area contributed by atoms with E-state index in [-0.39, 0.29) is 16.2 Å². The van der Waals surface area contributed by atoms with Gasteiger partial charge in [0, 0.05) is 20.6 Å². The molecule has 37 heavy (non-hydrogen) atoms. The average molecular weight is 675 g/mol. The third-order valence-electron chi connectivity index (χ3n) is 4.67. The number of benzene rings is 3. The second kappa shape index (κ2) is 13.3. The lowest BCUT2D eigenvalue weighted by Gasteiger charge is -2.13. The van der Waals surface area contributed by atoms with E-state index in [4.69, 9.17) is 25.3 Å². The quantitative estimate of drug-likeness (QED) is 0.140. The topological polar surface area (TPSA) is 103 Å². The summed E-state index contributed by atoms with van der Waals surface area (Å²) in [5, 5.41) is 4.38. The van der Waals surface area contributed by atoms with Gasteiger partial charge in [0.2, 0.25) is 0 Å². The van der Waals surface area contributed by atoms with Gasteiger partial charge in [0.05, 0.1) is 23.9 Å². The number of rotatable bonds is 11. The summed E-state index contributed by atoms with van der Waals surface area (Å²) in [6.45, 7) is 4.76. The van der Waals surface area contributed by atoms with Crippen molar-refractivity contribution >= 4 is 65.7 Å². The van der Waals surface area contributed by atoms with Gasteiger partial charge in [0.1, 0.15) is 4.90 Å². The van der Waals surface area contributed by atoms with Crippen molar-refractivity contribution in [3.8, 4) is 17.2 Å². The minimum Gasteiger partial charge on any atom is -0.490 e. The van der Waals surface area contributed by atoms with Gasteiger partial charge >= 0.3 is 10.1 Å². The molecule has 0 spiro atoms. The lowest BCUT2D eigenvalue weighted by Crippen LogP contribution is -2.18. The number of hydrazone groups is 1. The highest BCUT2D eigenvalue weighted by atomic mass is 79.9. The van der Waals surface area contributed by atoms with Crippen LogP contribution in [-0.4, -0.2) is 33.8 Å². The van der Waals surface area contributed by atoms with E-state index in [2.05, 4.69) is 42.4 Å². The summed E-state index contributed by atoms with van der Waals surface area (Å²) in [7, 11) is -4.17. The first-order valence-electron chi connectivity index (χ1n) is 11.1. The molecule has 0 aromatic heterocycles. The molecule has 0 heterocycles. The zero-order valence-electron chi connectivity index (χ0n) is 19.8. The number of nitrogens with zero attached hydrogens (tertiary/aromatic N) is 1. The van der Waals surface area contributed by atoms with Crippen LogP contribution in [0, 0.1) is 0 Å². The van der Waals surface area contributed by atoms with E-state index in [0.717, 1.165) is 6.42 Å². The van der Waals surface area contributed by atoms with Gasteiger partial charge in [0.15, 0.2) is 17.2 Å². The van der Waals surface area contributed by atoms with Crippen LogP contribution in [0.5, 0.6) is 17.2 Å². The molecule has 0 saturated heterocycles. The summed E-state index contributed by atoms with van der Waals surface area (Å²) < 4.78 is 43.3. The summed E-state index contributed by atoms with van der Waals surface area (Å²) in [5.41, 5.74) is 3.03. The molecule has 0 atom stereocenters. The average Bonchev–Trinajstić information content (AvgIpc) is 2.85. The van der Waals surface area contributed by atoms with E-state index in [9.17, 15) is 13.2 Å². The molecule has 0 aliphatic carbocycles. The van der Waals surface area contributed by atoms with Crippen molar-refractivity contribution in [1.82, 2.24) is 5.43 Å². The zero-order chi connectivity index (χ0) is 27.0. The van der Waals surface area contributed by atoms with Gasteiger partial charge in [-0.25, -0.2) is 5.43 Å². The number of carbonyl (C=O) groups excluding carboxylic acids is 1. The molecule has 0 unspecified atom stereocenters. The van der Waals surface area contributed by atoms with Crippen LogP contribution >= 0.6 is 43.5 Å². The molecule has 3 aromatic carbocycles. The van der Waals surface area contributed by atoms with Gasteiger partial charge in [-0.2, -0.15) is 13.5 Å². The van der Waals surface area contributed by atoms with Crippen molar-refractivity contribution in [3.63, 3.8) is 0 Å². The molecule has 0 aliphatic heterocycles. The molecular formula is C25H23Br2ClN2O6S. The van der Waals surface area contributed by atoms with Gasteiger partial charge in [0.25, 0.3) is 5.91 Å². The number of nitrogens with one attached hydrogen (secondary N) is 1. The summed E-state index contributed by atoms with van der Waals surface area (Å²) in [4.78, 5) is 12.6. The predicted molar refractivity (Wildman–Crippen MR) is 150 cm³/mol. The third-order valence-corrected chi connectivity index (χ3v) is 7.20. The van der Waals surface area contributed by atoms with Crippen LogP contribution in [0.1, 0.15) is 36.2 Å². The maximum absolute atomic E-state index is 12.8. The number of carbonyl (C=O) groups is 1. The highest BCUT2D eigenvalue weighted by Crippen LogP contribution is 2.34. The molecule has 3 aromatic rings. The second-order valence-corrected chi connectivity index (χ2v) is 11.2. The smallest absolute Gasteiger partial charge is 0.339 e. The highest BCUT2D eigenvalue weighted by Gasteiger charge is 2.21. The monoisotopic (exact) mass is 672 g/mol. The maximum Gasteiger partial charge on any atom is 0.339 e. The Labute approximate surface area is 237 Å². The standard InChI is InChI=1S/C25H23Br2ClN2O6S/c1-3-11-35-22-10-5-16(13-23(22)34-4-2)25(31)30-29-15-17-12-18(26)14-21(27)24(17)36-37(32,33)20-8-6-19(28)7-9-20/h5-10,12-15H,3-4,11H2,1-2H3,(H,30,31)/b29-15+. The SMILES string of the molecule is CCCOc1ccc(C(=O)N/N=C/c2cc(Br)cc(Br)c2OS(=O)(=O)c2ccc(Cl)cc2)cc1OCC. The molecule has 0 radical (unpaired) electrons. The number of hydrogen-bond acceptors (Lipinski definition) is 7. The second-order valence-electron chi connectivity index (χ2n) is 7.44. The van der Waals surface area contributed by atoms with Gasteiger partial charge < -0.3 is 13.7 Å². The molecule has 0 aliphatic rings. The van der Waals surface area contributed by atoms with Crippen LogP contribution in [0.4, 0.5) is 0 Å². The Hall–Kier alpha value is -2.60.